The molecule has 0 atom stereocenters. The number of hydrogen-bond donors (Lipinski definition) is 1. The third-order valence-electron chi connectivity index (χ3n) is 4.89. The highest BCUT2D eigenvalue weighted by Gasteiger charge is 2.19. The van der Waals surface area contributed by atoms with Gasteiger partial charge < -0.3 is 9.30 Å². The maximum absolute atomic E-state index is 10.9. The lowest BCUT2D eigenvalue weighted by Crippen LogP contribution is -2.29. The summed E-state index contributed by atoms with van der Waals surface area (Å²) in [7, 11) is 1.59. The number of nitriles is 1. The van der Waals surface area contributed by atoms with Crippen LogP contribution in [0.2, 0.25) is 0 Å². The van der Waals surface area contributed by atoms with Crippen molar-refractivity contribution in [3.63, 3.8) is 0 Å². The molecule has 154 valence electrons. The lowest BCUT2D eigenvalue weighted by atomic mass is 10.1. The number of fused-ring (bicyclic) bond motifs is 1. The van der Waals surface area contributed by atoms with E-state index < -0.39 is 4.92 Å². The molecule has 2 heterocycles. The number of methoxy groups -OCH3 is 1. The first kappa shape index (κ1) is 19.8. The van der Waals surface area contributed by atoms with E-state index in [9.17, 15) is 15.4 Å². The molecule has 0 saturated heterocycles. The molecule has 10 heteroatoms. The number of nitrogens with zero attached hydrogens (tertiary/aromatic N) is 6. The fourth-order valence-corrected chi connectivity index (χ4v) is 3.18. The van der Waals surface area contributed by atoms with Crippen molar-refractivity contribution in [2.24, 2.45) is 10.1 Å². The molecule has 2 aromatic carbocycles. The molecule has 0 bridgehead atoms. The van der Waals surface area contributed by atoms with Gasteiger partial charge in [-0.2, -0.15) is 15.3 Å². The van der Waals surface area contributed by atoms with Crippen LogP contribution < -0.4 is 15.7 Å². The molecule has 0 radical (unpaired) electrons. The molecule has 0 aliphatic carbocycles. The van der Waals surface area contributed by atoms with Gasteiger partial charge in [0.05, 0.1) is 30.0 Å². The van der Waals surface area contributed by atoms with Gasteiger partial charge in [0.15, 0.2) is 5.49 Å². The van der Waals surface area contributed by atoms with Gasteiger partial charge in [-0.05, 0) is 43.3 Å². The van der Waals surface area contributed by atoms with Gasteiger partial charge in [0.1, 0.15) is 17.4 Å². The van der Waals surface area contributed by atoms with E-state index in [1.807, 2.05) is 11.5 Å². The molecule has 0 amide bonds. The average Bonchev–Trinajstić information content (AvgIpc) is 2.80. The van der Waals surface area contributed by atoms with Crippen LogP contribution in [0.15, 0.2) is 58.6 Å². The number of hydrogen-bond acceptors (Lipinski definition) is 8. The zero-order valence-corrected chi connectivity index (χ0v) is 16.7. The Balaban J connectivity index is 1.72. The minimum atomic E-state index is -0.449. The fourth-order valence-electron chi connectivity index (χ4n) is 3.18. The number of nitro benzene ring substituents is 1. The molecule has 1 aliphatic rings. The van der Waals surface area contributed by atoms with Crippen LogP contribution >= 0.6 is 0 Å². The Bertz CT molecular complexity index is 1300. The van der Waals surface area contributed by atoms with Crippen LogP contribution in [-0.4, -0.2) is 27.3 Å². The molecule has 3 aromatic rings. The molecule has 31 heavy (non-hydrogen) atoms. The number of aromatic nitrogens is 2. The molecule has 1 aliphatic heterocycles. The van der Waals surface area contributed by atoms with Crippen molar-refractivity contribution in [3.05, 3.63) is 81.0 Å². The van der Waals surface area contributed by atoms with Crippen LogP contribution in [-0.2, 0) is 6.54 Å². The molecule has 1 aromatic heterocycles. The first-order valence-electron chi connectivity index (χ1n) is 9.28. The van der Waals surface area contributed by atoms with Crippen molar-refractivity contribution < 1.29 is 9.66 Å². The van der Waals surface area contributed by atoms with Gasteiger partial charge >= 0.3 is 0 Å². The summed E-state index contributed by atoms with van der Waals surface area (Å²) in [6.45, 7) is 2.17. The van der Waals surface area contributed by atoms with Gasteiger partial charge in [-0.1, -0.05) is 0 Å². The van der Waals surface area contributed by atoms with Gasteiger partial charge in [0.25, 0.3) is 5.69 Å². The van der Waals surface area contributed by atoms with E-state index in [1.54, 1.807) is 43.5 Å². The minimum absolute atomic E-state index is 0.00979. The first-order chi connectivity index (χ1) is 15.0. The van der Waals surface area contributed by atoms with Crippen LogP contribution in [0.25, 0.3) is 0 Å². The summed E-state index contributed by atoms with van der Waals surface area (Å²) in [5.74, 6) is 1.16. The van der Waals surface area contributed by atoms with E-state index in [1.165, 1.54) is 12.1 Å². The summed E-state index contributed by atoms with van der Waals surface area (Å²) in [5, 5.41) is 25.0. The van der Waals surface area contributed by atoms with E-state index in [0.29, 0.717) is 40.9 Å². The molecular weight excluding hydrogens is 398 g/mol. The summed E-state index contributed by atoms with van der Waals surface area (Å²) >= 11 is 0. The van der Waals surface area contributed by atoms with Gasteiger partial charge in [-0.25, -0.2) is 10.4 Å². The van der Waals surface area contributed by atoms with Crippen LogP contribution in [0.5, 0.6) is 5.75 Å². The maximum Gasteiger partial charge on any atom is 0.269 e. The number of ether oxygens (including phenoxy) is 1. The number of benzene rings is 2. The van der Waals surface area contributed by atoms with Crippen LogP contribution in [0.1, 0.15) is 16.8 Å². The third kappa shape index (κ3) is 3.84. The van der Waals surface area contributed by atoms with Gasteiger partial charge in [-0.15, -0.1) is 0 Å². The molecule has 0 fully saturated rings. The topological polar surface area (TPSA) is 131 Å². The minimum Gasteiger partial charge on any atom is -0.497 e. The number of nitrogens with one attached hydrogen (secondary N) is 1. The predicted octanol–water partition coefficient (Wildman–Crippen LogP) is 3.04. The number of anilines is 1. The highest BCUT2D eigenvalue weighted by molar-refractivity contribution is 6.01. The molecular formula is C21H17N7O3. The largest absolute Gasteiger partial charge is 0.497 e. The number of hydrazone groups is 1. The molecule has 10 nitrogen and oxygen atoms in total. The van der Waals surface area contributed by atoms with Crippen molar-refractivity contribution in [2.45, 2.75) is 13.5 Å². The average molecular weight is 415 g/mol. The Morgan fingerprint density at radius 2 is 1.94 bits per heavy atom. The van der Waals surface area contributed by atoms with E-state index in [2.05, 4.69) is 26.6 Å². The zero-order valence-electron chi connectivity index (χ0n) is 16.7. The normalized spacial score (nSPS) is 12.9. The first-order valence-corrected chi connectivity index (χ1v) is 9.28. The quantitative estimate of drug-likeness (QED) is 0.515. The van der Waals surface area contributed by atoms with Crippen molar-refractivity contribution in [2.75, 3.05) is 12.5 Å². The monoisotopic (exact) mass is 415 g/mol. The smallest absolute Gasteiger partial charge is 0.269 e. The van der Waals surface area contributed by atoms with Gasteiger partial charge in [-0.3, -0.25) is 10.1 Å². The third-order valence-corrected chi connectivity index (χ3v) is 4.89. The standard InChI is InChI=1S/C21H17N7O3/c1-13-18(11-22)20(23-15-5-9-17(31-2)10-6-15)24-21-26-25-19(12-27(13)21)14-3-7-16(8-4-14)28(29)30/h3-10H,12H2,1-2H3,(H,23,24,26). The Kier molecular flexibility index (Phi) is 5.15. The SMILES string of the molecule is COc1ccc(N=c2nc3n(c(C)c2C#N)CC(c2ccc([N+](=O)[O-])cc2)=NN3)cc1. The second-order valence-electron chi connectivity index (χ2n) is 6.70. The van der Waals surface area contributed by atoms with Crippen molar-refractivity contribution in [1.29, 1.82) is 5.26 Å². The van der Waals surface area contributed by atoms with Crippen molar-refractivity contribution >= 4 is 23.0 Å². The van der Waals surface area contributed by atoms with Crippen molar-refractivity contribution in [1.82, 2.24) is 9.55 Å². The second kappa shape index (κ2) is 8.08. The van der Waals surface area contributed by atoms with Gasteiger partial charge in [0, 0.05) is 23.4 Å². The second-order valence-corrected chi connectivity index (χ2v) is 6.70. The van der Waals surface area contributed by atoms with Crippen LogP contribution in [0, 0.1) is 28.4 Å². The highest BCUT2D eigenvalue weighted by atomic mass is 16.6. The van der Waals surface area contributed by atoms with E-state index >= 15 is 0 Å². The summed E-state index contributed by atoms with van der Waals surface area (Å²) < 4.78 is 6.98. The Morgan fingerprint density at radius 3 is 2.55 bits per heavy atom. The Hall–Kier alpha value is -4.52. The fraction of sp³-hybridized carbons (Fsp3) is 0.143. The molecule has 1 N–H and O–H groups in total. The van der Waals surface area contributed by atoms with Crippen molar-refractivity contribution in [3.8, 4) is 11.8 Å². The van der Waals surface area contributed by atoms with Gasteiger partial charge in [0.2, 0.25) is 5.95 Å². The molecule has 0 unspecified atom stereocenters. The van der Waals surface area contributed by atoms with E-state index in [4.69, 9.17) is 4.74 Å². The zero-order chi connectivity index (χ0) is 22.0. The van der Waals surface area contributed by atoms with Crippen LogP contribution in [0.4, 0.5) is 17.3 Å². The lowest BCUT2D eigenvalue weighted by molar-refractivity contribution is -0.384. The Morgan fingerprint density at radius 1 is 1.23 bits per heavy atom. The Labute approximate surface area is 176 Å². The van der Waals surface area contributed by atoms with E-state index in [0.717, 1.165) is 5.56 Å². The van der Waals surface area contributed by atoms with Crippen LogP contribution in [0.3, 0.4) is 0 Å². The summed E-state index contributed by atoms with van der Waals surface area (Å²) in [6, 6.07) is 15.5. The summed E-state index contributed by atoms with van der Waals surface area (Å²) in [4.78, 5) is 19.4. The molecule has 0 saturated carbocycles. The number of nitro groups is 1. The summed E-state index contributed by atoms with van der Waals surface area (Å²) in [5.41, 5.74) is 6.28. The lowest BCUT2D eigenvalue weighted by Gasteiger charge is -2.22. The summed E-state index contributed by atoms with van der Waals surface area (Å²) in [6.07, 6.45) is 0. The number of rotatable bonds is 4. The molecule has 0 spiro atoms. The van der Waals surface area contributed by atoms with E-state index in [-0.39, 0.29) is 11.2 Å². The highest BCUT2D eigenvalue weighted by Crippen LogP contribution is 2.20. The predicted molar refractivity (Wildman–Crippen MR) is 113 cm³/mol. The maximum atomic E-state index is 10.9. The molecule has 4 rings (SSSR count). The number of non-ortho nitro benzene ring substituents is 1.